The molecule has 0 saturated heterocycles. The third-order valence-corrected chi connectivity index (χ3v) is 4.25. The number of nitrogens with one attached hydrogen (secondary N) is 1. The molecule has 0 spiro atoms. The molecule has 6 heteroatoms. The van der Waals surface area contributed by atoms with Gasteiger partial charge in [0.1, 0.15) is 23.6 Å². The Labute approximate surface area is 118 Å². The first kappa shape index (κ1) is 14.3. The fourth-order valence-corrected chi connectivity index (χ4v) is 2.83. The number of rotatable bonds is 5. The van der Waals surface area contributed by atoms with Crippen LogP contribution in [-0.4, -0.2) is 16.5 Å². The molecular weight excluding hydrogens is 256 g/mol. The molecule has 106 valence electrons. The van der Waals surface area contributed by atoms with Crippen LogP contribution in [0.4, 0.5) is 11.5 Å². The highest BCUT2D eigenvalue weighted by atomic mass is 16.6. The quantitative estimate of drug-likeness (QED) is 0.657. The van der Waals surface area contributed by atoms with Gasteiger partial charge in [0.15, 0.2) is 0 Å². The maximum Gasteiger partial charge on any atom is 0.289 e. The van der Waals surface area contributed by atoms with Gasteiger partial charge in [-0.3, -0.25) is 10.1 Å². The maximum absolute atomic E-state index is 10.7. The summed E-state index contributed by atoms with van der Waals surface area (Å²) in [6, 6.07) is 3.23. The highest BCUT2D eigenvalue weighted by molar-refractivity contribution is 5.55. The van der Waals surface area contributed by atoms with Crippen LogP contribution in [0.2, 0.25) is 0 Å². The molecule has 0 amide bonds. The summed E-state index contributed by atoms with van der Waals surface area (Å²) in [5.74, 6) is 0.442. The van der Waals surface area contributed by atoms with Gasteiger partial charge in [-0.1, -0.05) is 19.8 Å². The zero-order chi connectivity index (χ0) is 14.6. The van der Waals surface area contributed by atoms with Gasteiger partial charge in [-0.15, -0.1) is 0 Å². The predicted octanol–water partition coefficient (Wildman–Crippen LogP) is 3.24. The molecule has 0 aromatic carbocycles. The topological polar surface area (TPSA) is 91.8 Å². The molecular formula is C14H18N4O2. The Morgan fingerprint density at radius 1 is 1.55 bits per heavy atom. The zero-order valence-electron chi connectivity index (χ0n) is 11.6. The minimum absolute atomic E-state index is 0.154. The molecule has 0 atom stereocenters. The van der Waals surface area contributed by atoms with E-state index in [1.54, 1.807) is 0 Å². The molecule has 1 aromatic rings. The van der Waals surface area contributed by atoms with Gasteiger partial charge in [0.2, 0.25) is 0 Å². The molecule has 1 heterocycles. The summed E-state index contributed by atoms with van der Waals surface area (Å²) in [5, 5.41) is 23.0. The van der Waals surface area contributed by atoms with E-state index >= 15 is 0 Å². The first-order chi connectivity index (χ1) is 9.60. The van der Waals surface area contributed by atoms with Crippen molar-refractivity contribution >= 4 is 11.5 Å². The lowest BCUT2D eigenvalue weighted by Gasteiger charge is -2.28. The van der Waals surface area contributed by atoms with Gasteiger partial charge in [0.25, 0.3) is 5.69 Å². The lowest BCUT2D eigenvalue weighted by atomic mass is 9.83. The van der Waals surface area contributed by atoms with Crippen LogP contribution in [0.1, 0.15) is 44.6 Å². The summed E-state index contributed by atoms with van der Waals surface area (Å²) in [6.07, 6.45) is 7.14. The Morgan fingerprint density at radius 3 is 2.80 bits per heavy atom. The molecule has 0 aliphatic heterocycles. The molecule has 1 aliphatic rings. The van der Waals surface area contributed by atoms with Gasteiger partial charge in [-0.05, 0) is 24.7 Å². The second-order valence-corrected chi connectivity index (χ2v) is 5.37. The molecule has 6 nitrogen and oxygen atoms in total. The highest BCUT2D eigenvalue weighted by Gasteiger charge is 2.32. The molecule has 1 N–H and O–H groups in total. The minimum atomic E-state index is -0.540. The molecule has 0 unspecified atom stereocenters. The van der Waals surface area contributed by atoms with Crippen molar-refractivity contribution < 1.29 is 4.92 Å². The Balaban J connectivity index is 2.13. The van der Waals surface area contributed by atoms with Crippen LogP contribution in [-0.2, 0) is 0 Å². The van der Waals surface area contributed by atoms with Crippen molar-refractivity contribution in [1.82, 2.24) is 4.98 Å². The standard InChI is InChI=1S/C14H18N4O2/c1-2-14(5-3-4-6-14)10-17-13-11(8-15)7-12(9-16-13)18(19)20/h7,9H,2-6,10H2,1H3,(H,16,17). The third-order valence-electron chi connectivity index (χ3n) is 4.25. The second-order valence-electron chi connectivity index (χ2n) is 5.37. The van der Waals surface area contributed by atoms with Crippen molar-refractivity contribution in [1.29, 1.82) is 5.26 Å². The Hall–Kier alpha value is -2.16. The lowest BCUT2D eigenvalue weighted by Crippen LogP contribution is -2.26. The largest absolute Gasteiger partial charge is 0.368 e. The van der Waals surface area contributed by atoms with E-state index < -0.39 is 4.92 Å². The molecule has 1 saturated carbocycles. The van der Waals surface area contributed by atoms with Gasteiger partial charge in [0.05, 0.1) is 4.92 Å². The third kappa shape index (κ3) is 2.87. The van der Waals surface area contributed by atoms with E-state index in [4.69, 9.17) is 5.26 Å². The summed E-state index contributed by atoms with van der Waals surface area (Å²) in [6.45, 7) is 2.95. The van der Waals surface area contributed by atoms with E-state index in [1.807, 2.05) is 6.07 Å². The fourth-order valence-electron chi connectivity index (χ4n) is 2.83. The highest BCUT2D eigenvalue weighted by Crippen LogP contribution is 2.41. The number of nitrogens with zero attached hydrogens (tertiary/aromatic N) is 3. The van der Waals surface area contributed by atoms with Crippen molar-refractivity contribution in [2.45, 2.75) is 39.0 Å². The average Bonchev–Trinajstić information content (AvgIpc) is 2.94. The van der Waals surface area contributed by atoms with E-state index in [1.165, 1.54) is 37.9 Å². The number of pyridine rings is 1. The van der Waals surface area contributed by atoms with Crippen LogP contribution in [0.5, 0.6) is 0 Å². The van der Waals surface area contributed by atoms with E-state index in [-0.39, 0.29) is 16.7 Å². The smallest absolute Gasteiger partial charge is 0.289 e. The van der Waals surface area contributed by atoms with Crippen LogP contribution in [0.25, 0.3) is 0 Å². The summed E-state index contributed by atoms with van der Waals surface area (Å²) in [4.78, 5) is 14.2. The molecule has 1 aromatic heterocycles. The first-order valence-electron chi connectivity index (χ1n) is 6.89. The number of anilines is 1. The number of hydrogen-bond donors (Lipinski definition) is 1. The van der Waals surface area contributed by atoms with Crippen LogP contribution in [0.3, 0.4) is 0 Å². The van der Waals surface area contributed by atoms with Crippen molar-refractivity contribution in [2.75, 3.05) is 11.9 Å². The molecule has 0 radical (unpaired) electrons. The molecule has 20 heavy (non-hydrogen) atoms. The van der Waals surface area contributed by atoms with Crippen LogP contribution in [0, 0.1) is 26.9 Å². The average molecular weight is 274 g/mol. The zero-order valence-corrected chi connectivity index (χ0v) is 11.6. The van der Waals surface area contributed by atoms with E-state index in [2.05, 4.69) is 17.2 Å². The Morgan fingerprint density at radius 2 is 2.25 bits per heavy atom. The monoisotopic (exact) mass is 274 g/mol. The number of hydrogen-bond acceptors (Lipinski definition) is 5. The molecule has 2 rings (SSSR count). The summed E-state index contributed by atoms with van der Waals surface area (Å²) in [7, 11) is 0. The molecule has 0 bridgehead atoms. The second kappa shape index (κ2) is 5.87. The number of nitriles is 1. The van der Waals surface area contributed by atoms with Crippen molar-refractivity contribution in [3.63, 3.8) is 0 Å². The summed E-state index contributed by atoms with van der Waals surface area (Å²) < 4.78 is 0. The van der Waals surface area contributed by atoms with Crippen molar-refractivity contribution in [2.24, 2.45) is 5.41 Å². The van der Waals surface area contributed by atoms with Crippen molar-refractivity contribution in [3.05, 3.63) is 27.9 Å². The van der Waals surface area contributed by atoms with Gasteiger partial charge in [-0.2, -0.15) is 5.26 Å². The Bertz CT molecular complexity index is 545. The first-order valence-corrected chi connectivity index (χ1v) is 6.89. The van der Waals surface area contributed by atoms with Crippen LogP contribution >= 0.6 is 0 Å². The predicted molar refractivity (Wildman–Crippen MR) is 75.3 cm³/mol. The Kier molecular flexibility index (Phi) is 4.18. The molecule has 1 fully saturated rings. The maximum atomic E-state index is 10.7. The van der Waals surface area contributed by atoms with Crippen molar-refractivity contribution in [3.8, 4) is 6.07 Å². The summed E-state index contributed by atoms with van der Waals surface area (Å²) >= 11 is 0. The van der Waals surface area contributed by atoms with E-state index in [0.29, 0.717) is 5.82 Å². The van der Waals surface area contributed by atoms with E-state index in [9.17, 15) is 10.1 Å². The van der Waals surface area contributed by atoms with Gasteiger partial charge in [-0.25, -0.2) is 4.98 Å². The van der Waals surface area contributed by atoms with Gasteiger partial charge in [0, 0.05) is 12.6 Å². The van der Waals surface area contributed by atoms with Crippen LogP contribution < -0.4 is 5.32 Å². The SMILES string of the molecule is CCC1(CNc2ncc([N+](=O)[O-])cc2C#N)CCCC1. The van der Waals surface area contributed by atoms with E-state index in [0.717, 1.165) is 13.0 Å². The lowest BCUT2D eigenvalue weighted by molar-refractivity contribution is -0.385. The minimum Gasteiger partial charge on any atom is -0.368 e. The fraction of sp³-hybridized carbons (Fsp3) is 0.571. The summed E-state index contributed by atoms with van der Waals surface area (Å²) in [5.41, 5.74) is 0.345. The van der Waals surface area contributed by atoms with Gasteiger partial charge >= 0.3 is 0 Å². The van der Waals surface area contributed by atoms with Gasteiger partial charge < -0.3 is 5.32 Å². The number of aromatic nitrogens is 1. The van der Waals surface area contributed by atoms with Crippen LogP contribution in [0.15, 0.2) is 12.3 Å². The number of nitro groups is 1. The normalized spacial score (nSPS) is 16.6. The molecule has 1 aliphatic carbocycles.